The second-order valence-corrected chi connectivity index (χ2v) is 2.59. The van der Waals surface area contributed by atoms with Crippen LogP contribution in [0.15, 0.2) is 0 Å². The van der Waals surface area contributed by atoms with E-state index in [0.717, 1.165) is 0 Å². The fourth-order valence-corrected chi connectivity index (χ4v) is 1.17. The molecule has 0 spiro atoms. The number of nitrogens with one attached hydrogen (secondary N) is 1. The van der Waals surface area contributed by atoms with Gasteiger partial charge in [-0.15, -0.1) is 0 Å². The number of alkyl carbamates (subject to hydrolysis) is 1. The molecule has 1 saturated heterocycles. The van der Waals surface area contributed by atoms with Crippen molar-refractivity contribution in [1.29, 1.82) is 0 Å². The molecular weight excluding hydrogens is 146 g/mol. The highest BCUT2D eigenvalue weighted by atomic mass is 16.6. The van der Waals surface area contributed by atoms with Crippen LogP contribution in [0.3, 0.4) is 0 Å². The molecular formula is C7H11NO3. The highest BCUT2D eigenvalue weighted by molar-refractivity contribution is 5.98. The lowest BCUT2D eigenvalue weighted by Crippen LogP contribution is -2.44. The quantitative estimate of drug-likeness (QED) is 0.476. The van der Waals surface area contributed by atoms with Crippen LogP contribution in [-0.4, -0.2) is 17.6 Å². The van der Waals surface area contributed by atoms with Crippen LogP contribution in [0.1, 0.15) is 26.7 Å². The third-order valence-corrected chi connectivity index (χ3v) is 2.12. The maximum Gasteiger partial charge on any atom is 0.415 e. The Kier molecular flexibility index (Phi) is 1.85. The van der Waals surface area contributed by atoms with E-state index >= 15 is 0 Å². The molecule has 11 heavy (non-hydrogen) atoms. The van der Waals surface area contributed by atoms with Crippen LogP contribution in [0.5, 0.6) is 0 Å². The molecule has 62 valence electrons. The summed E-state index contributed by atoms with van der Waals surface area (Å²) in [7, 11) is 0. The van der Waals surface area contributed by atoms with E-state index in [2.05, 4.69) is 10.1 Å². The molecule has 0 saturated carbocycles. The number of hydrogen-bond acceptors (Lipinski definition) is 3. The van der Waals surface area contributed by atoms with E-state index in [-0.39, 0.29) is 0 Å². The Labute approximate surface area is 64.9 Å². The lowest BCUT2D eigenvalue weighted by atomic mass is 9.94. The van der Waals surface area contributed by atoms with Crippen molar-refractivity contribution in [2.24, 2.45) is 0 Å². The van der Waals surface area contributed by atoms with Crippen molar-refractivity contribution in [1.82, 2.24) is 5.32 Å². The standard InChI is InChI=1S/C7H11NO3/c1-3-7(4-2)5(9)11-6(10)8-7/h3-4H2,1-2H3,(H,8,10). The first-order chi connectivity index (χ1) is 5.14. The van der Waals surface area contributed by atoms with Gasteiger partial charge < -0.3 is 10.1 Å². The summed E-state index contributed by atoms with van der Waals surface area (Å²) in [5.74, 6) is -0.451. The zero-order valence-corrected chi connectivity index (χ0v) is 6.64. The van der Waals surface area contributed by atoms with Gasteiger partial charge in [-0.1, -0.05) is 13.8 Å². The number of amides is 1. The Bertz CT molecular complexity index is 196. The maximum absolute atomic E-state index is 11.1. The predicted octanol–water partition coefficient (Wildman–Crippen LogP) is 0.812. The molecule has 0 aromatic rings. The van der Waals surface area contributed by atoms with Crippen molar-refractivity contribution in [2.45, 2.75) is 32.2 Å². The van der Waals surface area contributed by atoms with E-state index in [4.69, 9.17) is 0 Å². The van der Waals surface area contributed by atoms with Crippen molar-refractivity contribution in [3.05, 3.63) is 0 Å². The average molecular weight is 157 g/mol. The van der Waals surface area contributed by atoms with Crippen molar-refractivity contribution in [3.8, 4) is 0 Å². The Morgan fingerprint density at radius 2 is 1.91 bits per heavy atom. The summed E-state index contributed by atoms with van der Waals surface area (Å²) in [6.07, 6.45) is 0.529. The smallest absolute Gasteiger partial charge is 0.374 e. The Morgan fingerprint density at radius 3 is 2.09 bits per heavy atom. The first kappa shape index (κ1) is 8.04. The van der Waals surface area contributed by atoms with Gasteiger partial charge in [0.15, 0.2) is 0 Å². The molecule has 0 aromatic heterocycles. The van der Waals surface area contributed by atoms with Crippen LogP contribution >= 0.6 is 0 Å². The van der Waals surface area contributed by atoms with Gasteiger partial charge in [-0.2, -0.15) is 0 Å². The van der Waals surface area contributed by atoms with Crippen molar-refractivity contribution in [3.63, 3.8) is 0 Å². The molecule has 4 heteroatoms. The van der Waals surface area contributed by atoms with E-state index in [1.54, 1.807) is 0 Å². The summed E-state index contributed by atoms with van der Waals surface area (Å²) in [5.41, 5.74) is -0.753. The molecule has 1 N–H and O–H groups in total. The molecule has 0 aliphatic carbocycles. The van der Waals surface area contributed by atoms with Gasteiger partial charge >= 0.3 is 12.1 Å². The topological polar surface area (TPSA) is 55.4 Å². The number of carbonyl (C=O) groups is 2. The van der Waals surface area contributed by atoms with E-state index in [9.17, 15) is 9.59 Å². The maximum atomic E-state index is 11.1. The minimum atomic E-state index is -0.753. The molecule has 1 heterocycles. The molecule has 0 bridgehead atoms. The Balaban J connectivity index is 2.84. The zero-order valence-electron chi connectivity index (χ0n) is 6.64. The van der Waals surface area contributed by atoms with E-state index in [1.807, 2.05) is 13.8 Å². The van der Waals surface area contributed by atoms with Crippen LogP contribution in [-0.2, 0) is 9.53 Å². The minimum absolute atomic E-state index is 0.451. The Morgan fingerprint density at radius 1 is 1.36 bits per heavy atom. The molecule has 0 radical (unpaired) electrons. The summed E-state index contributed by atoms with van der Waals surface area (Å²) in [6.45, 7) is 3.69. The van der Waals surface area contributed by atoms with Gasteiger partial charge in [0.1, 0.15) is 5.54 Å². The van der Waals surface area contributed by atoms with Crippen LogP contribution in [0.25, 0.3) is 0 Å². The number of hydrogen-bond donors (Lipinski definition) is 1. The van der Waals surface area contributed by atoms with Gasteiger partial charge in [-0.3, -0.25) is 0 Å². The molecule has 1 fully saturated rings. The highest BCUT2D eigenvalue weighted by Crippen LogP contribution is 2.21. The highest BCUT2D eigenvalue weighted by Gasteiger charge is 2.45. The summed E-state index contributed by atoms with van der Waals surface area (Å²) in [4.78, 5) is 21.7. The molecule has 1 amide bonds. The lowest BCUT2D eigenvalue weighted by molar-refractivity contribution is -0.139. The van der Waals surface area contributed by atoms with E-state index < -0.39 is 17.6 Å². The molecule has 1 aliphatic heterocycles. The van der Waals surface area contributed by atoms with Crippen molar-refractivity contribution < 1.29 is 14.3 Å². The van der Waals surface area contributed by atoms with Crippen LogP contribution in [0.2, 0.25) is 0 Å². The SMILES string of the molecule is CCC1(CC)NC(=O)OC1=O. The predicted molar refractivity (Wildman–Crippen MR) is 37.9 cm³/mol. The molecule has 1 rings (SSSR count). The summed E-state index contributed by atoms with van der Waals surface area (Å²) in [5, 5.41) is 2.51. The molecule has 4 nitrogen and oxygen atoms in total. The van der Waals surface area contributed by atoms with Gasteiger partial charge in [-0.05, 0) is 12.8 Å². The summed E-state index contributed by atoms with van der Waals surface area (Å²) in [6, 6.07) is 0. The summed E-state index contributed by atoms with van der Waals surface area (Å²) < 4.78 is 4.37. The minimum Gasteiger partial charge on any atom is -0.374 e. The molecule has 0 unspecified atom stereocenters. The van der Waals surface area contributed by atoms with Gasteiger partial charge in [0.05, 0.1) is 0 Å². The fraction of sp³-hybridized carbons (Fsp3) is 0.714. The van der Waals surface area contributed by atoms with Crippen molar-refractivity contribution in [2.75, 3.05) is 0 Å². The number of esters is 1. The largest absolute Gasteiger partial charge is 0.415 e. The van der Waals surface area contributed by atoms with Gasteiger partial charge in [0.2, 0.25) is 0 Å². The van der Waals surface area contributed by atoms with Crippen molar-refractivity contribution >= 4 is 12.1 Å². The second-order valence-electron chi connectivity index (χ2n) is 2.59. The Hall–Kier alpha value is -1.06. The monoisotopic (exact) mass is 157 g/mol. The third kappa shape index (κ3) is 1.08. The van der Waals surface area contributed by atoms with Crippen LogP contribution < -0.4 is 5.32 Å². The fourth-order valence-electron chi connectivity index (χ4n) is 1.17. The lowest BCUT2D eigenvalue weighted by Gasteiger charge is -2.19. The van der Waals surface area contributed by atoms with Gasteiger partial charge in [0, 0.05) is 0 Å². The van der Waals surface area contributed by atoms with Gasteiger partial charge in [-0.25, -0.2) is 9.59 Å². The number of carbonyl (C=O) groups excluding carboxylic acids is 2. The second kappa shape index (κ2) is 2.53. The molecule has 0 aromatic carbocycles. The van der Waals surface area contributed by atoms with E-state index in [1.165, 1.54) is 0 Å². The molecule has 1 aliphatic rings. The normalized spacial score (nSPS) is 21.3. The van der Waals surface area contributed by atoms with Crippen LogP contribution in [0.4, 0.5) is 4.79 Å². The third-order valence-electron chi connectivity index (χ3n) is 2.12. The average Bonchev–Trinajstić information content (AvgIpc) is 2.27. The number of ether oxygens (including phenoxy) is 1. The zero-order chi connectivity index (χ0) is 8.48. The number of rotatable bonds is 2. The van der Waals surface area contributed by atoms with E-state index in [0.29, 0.717) is 12.8 Å². The first-order valence-corrected chi connectivity index (χ1v) is 3.69. The first-order valence-electron chi connectivity index (χ1n) is 3.69. The van der Waals surface area contributed by atoms with Crippen LogP contribution in [0, 0.1) is 0 Å². The van der Waals surface area contributed by atoms with Gasteiger partial charge in [0.25, 0.3) is 0 Å². The number of cyclic esters (lactones) is 2. The molecule has 0 atom stereocenters. The summed E-state index contributed by atoms with van der Waals surface area (Å²) >= 11 is 0.